The third-order valence-electron chi connectivity index (χ3n) is 3.89. The van der Waals surface area contributed by atoms with Crippen LogP contribution in [0.4, 0.5) is 5.82 Å². The van der Waals surface area contributed by atoms with E-state index >= 15 is 0 Å². The molecular weight excluding hydrogens is 224 g/mol. The van der Waals surface area contributed by atoms with E-state index < -0.39 is 0 Å². The van der Waals surface area contributed by atoms with E-state index in [2.05, 4.69) is 37.1 Å². The molecule has 98 valence electrons. The summed E-state index contributed by atoms with van der Waals surface area (Å²) in [5, 5.41) is 0. The number of imidazole rings is 1. The van der Waals surface area contributed by atoms with Crippen LogP contribution in [0.5, 0.6) is 0 Å². The van der Waals surface area contributed by atoms with Crippen LogP contribution in [0.15, 0.2) is 24.4 Å². The molecule has 0 atom stereocenters. The number of pyridine rings is 1. The van der Waals surface area contributed by atoms with Gasteiger partial charge in [-0.3, -0.25) is 0 Å². The van der Waals surface area contributed by atoms with Crippen LogP contribution in [0, 0.1) is 0 Å². The molecule has 2 N–H and O–H groups in total. The number of fused-ring (bicyclic) bond motifs is 1. The first-order chi connectivity index (χ1) is 8.51. The molecule has 0 fully saturated rings. The molecule has 0 aliphatic rings. The average Bonchev–Trinajstić information content (AvgIpc) is 2.75. The van der Waals surface area contributed by atoms with Gasteiger partial charge in [0.15, 0.2) is 5.82 Å². The van der Waals surface area contributed by atoms with E-state index in [-0.39, 0.29) is 5.54 Å². The Hall–Kier alpha value is -1.55. The average molecular weight is 246 g/mol. The van der Waals surface area contributed by atoms with Crippen molar-refractivity contribution in [2.24, 2.45) is 5.73 Å². The molecule has 4 nitrogen and oxygen atoms in total. The Morgan fingerprint density at radius 1 is 1.39 bits per heavy atom. The number of anilines is 1. The predicted octanol–water partition coefficient (Wildman–Crippen LogP) is 2.42. The Kier molecular flexibility index (Phi) is 3.30. The second-order valence-electron chi connectivity index (χ2n) is 5.24. The van der Waals surface area contributed by atoms with Gasteiger partial charge in [-0.2, -0.15) is 0 Å². The van der Waals surface area contributed by atoms with Crippen molar-refractivity contribution in [2.45, 2.75) is 39.3 Å². The Morgan fingerprint density at radius 3 is 2.72 bits per heavy atom. The summed E-state index contributed by atoms with van der Waals surface area (Å²) in [6, 6.07) is 6.01. The van der Waals surface area contributed by atoms with Crippen LogP contribution in [-0.4, -0.2) is 22.0 Å². The van der Waals surface area contributed by atoms with E-state index in [9.17, 15) is 0 Å². The monoisotopic (exact) mass is 246 g/mol. The van der Waals surface area contributed by atoms with Gasteiger partial charge in [-0.25, -0.2) is 4.98 Å². The molecule has 2 aromatic heterocycles. The van der Waals surface area contributed by atoms with E-state index in [0.29, 0.717) is 6.54 Å². The molecule has 0 aliphatic carbocycles. The van der Waals surface area contributed by atoms with E-state index in [0.717, 1.165) is 23.6 Å². The number of hydrogen-bond donors (Lipinski definition) is 1. The lowest BCUT2D eigenvalue weighted by atomic mass is 10.00. The van der Waals surface area contributed by atoms with Crippen LogP contribution in [0.3, 0.4) is 0 Å². The second-order valence-corrected chi connectivity index (χ2v) is 5.24. The molecule has 2 heterocycles. The quantitative estimate of drug-likeness (QED) is 0.901. The van der Waals surface area contributed by atoms with Gasteiger partial charge < -0.3 is 15.0 Å². The Balaban J connectivity index is 2.57. The fourth-order valence-electron chi connectivity index (χ4n) is 2.02. The largest absolute Gasteiger partial charge is 0.353 e. The number of nitrogens with zero attached hydrogens (tertiary/aromatic N) is 3. The third-order valence-corrected chi connectivity index (χ3v) is 3.89. The highest BCUT2D eigenvalue weighted by Gasteiger charge is 2.26. The van der Waals surface area contributed by atoms with Crippen molar-refractivity contribution >= 4 is 11.5 Å². The zero-order valence-electron chi connectivity index (χ0n) is 11.6. The van der Waals surface area contributed by atoms with E-state index in [1.165, 1.54) is 0 Å². The van der Waals surface area contributed by atoms with Gasteiger partial charge in [-0.1, -0.05) is 13.0 Å². The SMILES string of the molecule is CCC(C)(C)N(C)c1nc2ccccn2c1CN. The molecule has 0 aliphatic heterocycles. The van der Waals surface area contributed by atoms with Gasteiger partial charge in [0, 0.05) is 25.3 Å². The van der Waals surface area contributed by atoms with Crippen LogP contribution in [0.25, 0.3) is 5.65 Å². The van der Waals surface area contributed by atoms with Crippen LogP contribution in [0.1, 0.15) is 32.9 Å². The summed E-state index contributed by atoms with van der Waals surface area (Å²) in [6.07, 6.45) is 3.07. The molecule has 0 saturated carbocycles. The van der Waals surface area contributed by atoms with Crippen molar-refractivity contribution in [3.05, 3.63) is 30.1 Å². The van der Waals surface area contributed by atoms with Crippen molar-refractivity contribution in [3.63, 3.8) is 0 Å². The minimum absolute atomic E-state index is 0.0713. The molecule has 0 radical (unpaired) electrons. The Labute approximate surface area is 108 Å². The van der Waals surface area contributed by atoms with Gasteiger partial charge in [0.2, 0.25) is 0 Å². The van der Waals surface area contributed by atoms with Crippen molar-refractivity contribution in [1.82, 2.24) is 9.38 Å². The van der Waals surface area contributed by atoms with Crippen LogP contribution in [0.2, 0.25) is 0 Å². The van der Waals surface area contributed by atoms with E-state index in [1.807, 2.05) is 24.4 Å². The summed E-state index contributed by atoms with van der Waals surface area (Å²) in [6.45, 7) is 7.12. The van der Waals surface area contributed by atoms with Gasteiger partial charge in [-0.15, -0.1) is 0 Å². The Morgan fingerprint density at radius 2 is 2.11 bits per heavy atom. The van der Waals surface area contributed by atoms with Gasteiger partial charge in [0.25, 0.3) is 0 Å². The molecule has 4 heteroatoms. The maximum Gasteiger partial charge on any atom is 0.152 e. The molecular formula is C14H22N4. The first-order valence-corrected chi connectivity index (χ1v) is 6.41. The van der Waals surface area contributed by atoms with Crippen LogP contribution < -0.4 is 10.6 Å². The zero-order chi connectivity index (χ0) is 13.3. The number of aromatic nitrogens is 2. The molecule has 0 aromatic carbocycles. The standard InChI is InChI=1S/C14H22N4/c1-5-14(2,3)17(4)13-11(10-15)18-9-7-6-8-12(18)16-13/h6-9H,5,10,15H2,1-4H3. The van der Waals surface area contributed by atoms with Crippen molar-refractivity contribution in [3.8, 4) is 0 Å². The maximum atomic E-state index is 5.90. The van der Waals surface area contributed by atoms with E-state index in [4.69, 9.17) is 10.7 Å². The van der Waals surface area contributed by atoms with Crippen LogP contribution in [-0.2, 0) is 6.54 Å². The lowest BCUT2D eigenvalue weighted by Crippen LogP contribution is -2.41. The van der Waals surface area contributed by atoms with Gasteiger partial charge >= 0.3 is 0 Å². The van der Waals surface area contributed by atoms with Gasteiger partial charge in [-0.05, 0) is 32.4 Å². The minimum atomic E-state index is 0.0713. The summed E-state index contributed by atoms with van der Waals surface area (Å²) in [7, 11) is 2.09. The smallest absolute Gasteiger partial charge is 0.152 e. The fraction of sp³-hybridized carbons (Fsp3) is 0.500. The summed E-state index contributed by atoms with van der Waals surface area (Å²) in [4.78, 5) is 6.93. The fourth-order valence-corrected chi connectivity index (χ4v) is 2.02. The highest BCUT2D eigenvalue weighted by molar-refractivity contribution is 5.56. The van der Waals surface area contributed by atoms with Crippen LogP contribution >= 0.6 is 0 Å². The molecule has 18 heavy (non-hydrogen) atoms. The third kappa shape index (κ3) is 1.97. The highest BCUT2D eigenvalue weighted by atomic mass is 15.3. The number of nitrogens with two attached hydrogens (primary N) is 1. The highest BCUT2D eigenvalue weighted by Crippen LogP contribution is 2.27. The first kappa shape index (κ1) is 12.9. The molecule has 0 spiro atoms. The summed E-state index contributed by atoms with van der Waals surface area (Å²) < 4.78 is 2.07. The lowest BCUT2D eigenvalue weighted by molar-refractivity contribution is 0.466. The predicted molar refractivity (Wildman–Crippen MR) is 75.9 cm³/mol. The van der Waals surface area contributed by atoms with Crippen molar-refractivity contribution < 1.29 is 0 Å². The molecule has 2 rings (SSSR count). The minimum Gasteiger partial charge on any atom is -0.353 e. The maximum absolute atomic E-state index is 5.90. The normalized spacial score (nSPS) is 12.1. The van der Waals surface area contributed by atoms with Gasteiger partial charge in [0.05, 0.1) is 5.69 Å². The zero-order valence-corrected chi connectivity index (χ0v) is 11.6. The van der Waals surface area contributed by atoms with Gasteiger partial charge in [0.1, 0.15) is 5.65 Å². The summed E-state index contributed by atoms with van der Waals surface area (Å²) in [5.74, 6) is 0.982. The molecule has 0 amide bonds. The molecule has 0 unspecified atom stereocenters. The van der Waals surface area contributed by atoms with Crippen molar-refractivity contribution in [2.75, 3.05) is 11.9 Å². The Bertz CT molecular complexity index is 542. The number of hydrogen-bond acceptors (Lipinski definition) is 3. The summed E-state index contributed by atoms with van der Waals surface area (Å²) in [5.41, 5.74) is 7.98. The topological polar surface area (TPSA) is 46.6 Å². The summed E-state index contributed by atoms with van der Waals surface area (Å²) >= 11 is 0. The molecule has 2 aromatic rings. The lowest BCUT2D eigenvalue weighted by Gasteiger charge is -2.35. The van der Waals surface area contributed by atoms with E-state index in [1.54, 1.807) is 0 Å². The molecule has 0 saturated heterocycles. The second kappa shape index (κ2) is 4.61. The first-order valence-electron chi connectivity index (χ1n) is 6.41. The number of rotatable bonds is 4. The molecule has 0 bridgehead atoms. The van der Waals surface area contributed by atoms with Crippen molar-refractivity contribution in [1.29, 1.82) is 0 Å².